The monoisotopic (exact) mass is 212 g/mol. The number of nitrogens with two attached hydrogens (primary N) is 1. The number of non-ortho nitro benzene ring substituents is 1. The molecule has 1 unspecified atom stereocenters. The van der Waals surface area contributed by atoms with Gasteiger partial charge in [-0.05, 0) is 6.07 Å². The van der Waals surface area contributed by atoms with E-state index in [9.17, 15) is 20.3 Å². The van der Waals surface area contributed by atoms with Gasteiger partial charge >= 0.3 is 0 Å². The fourth-order valence-electron chi connectivity index (χ4n) is 1.19. The van der Waals surface area contributed by atoms with Crippen LogP contribution in [0.15, 0.2) is 18.2 Å². The molecule has 15 heavy (non-hydrogen) atoms. The molecule has 4 N–H and O–H groups in total. The van der Waals surface area contributed by atoms with Gasteiger partial charge in [0.1, 0.15) is 5.75 Å². The molecule has 1 aromatic rings. The summed E-state index contributed by atoms with van der Waals surface area (Å²) in [5.41, 5.74) is 5.41. The first kappa shape index (κ1) is 11.4. The van der Waals surface area contributed by atoms with Crippen molar-refractivity contribution in [3.8, 4) is 5.75 Å². The third kappa shape index (κ3) is 2.90. The van der Waals surface area contributed by atoms with Gasteiger partial charge in [-0.3, -0.25) is 10.1 Å². The van der Waals surface area contributed by atoms with Crippen LogP contribution in [0.25, 0.3) is 0 Å². The minimum absolute atomic E-state index is 0.0438. The molecule has 0 radical (unpaired) electrons. The lowest BCUT2D eigenvalue weighted by Crippen LogP contribution is -2.22. The summed E-state index contributed by atoms with van der Waals surface area (Å²) in [6.45, 7) is 0.0438. The van der Waals surface area contributed by atoms with Crippen LogP contribution in [-0.4, -0.2) is 27.8 Å². The Kier molecular flexibility index (Phi) is 3.59. The number of phenolic OH excluding ortho intramolecular Hbond substituents is 1. The van der Waals surface area contributed by atoms with Crippen molar-refractivity contribution in [3.63, 3.8) is 0 Å². The van der Waals surface area contributed by atoms with Crippen molar-refractivity contribution in [2.75, 3.05) is 6.54 Å². The van der Waals surface area contributed by atoms with Crippen molar-refractivity contribution >= 4 is 5.69 Å². The molecule has 0 aromatic heterocycles. The summed E-state index contributed by atoms with van der Waals surface area (Å²) in [6, 6.07) is 3.67. The first-order chi connectivity index (χ1) is 7.04. The maximum atomic E-state index is 10.5. The Morgan fingerprint density at radius 3 is 2.73 bits per heavy atom. The first-order valence-corrected chi connectivity index (χ1v) is 4.39. The topological polar surface area (TPSA) is 110 Å². The molecule has 6 nitrogen and oxygen atoms in total. The fraction of sp³-hybridized carbons (Fsp3) is 0.333. The predicted molar refractivity (Wildman–Crippen MR) is 53.5 cm³/mol. The minimum atomic E-state index is -0.807. The van der Waals surface area contributed by atoms with Crippen LogP contribution in [0.1, 0.15) is 5.56 Å². The van der Waals surface area contributed by atoms with Gasteiger partial charge in [0.15, 0.2) is 0 Å². The highest BCUT2D eigenvalue weighted by Crippen LogP contribution is 2.23. The predicted octanol–water partition coefficient (Wildman–Crippen LogP) is 0.163. The van der Waals surface area contributed by atoms with Gasteiger partial charge in [-0.25, -0.2) is 0 Å². The molecule has 1 atom stereocenters. The molecule has 0 aliphatic carbocycles. The van der Waals surface area contributed by atoms with E-state index >= 15 is 0 Å². The zero-order valence-electron chi connectivity index (χ0n) is 7.96. The largest absolute Gasteiger partial charge is 0.508 e. The lowest BCUT2D eigenvalue weighted by atomic mass is 10.1. The van der Waals surface area contributed by atoms with Crippen LogP contribution in [0.4, 0.5) is 5.69 Å². The summed E-state index contributed by atoms with van der Waals surface area (Å²) >= 11 is 0. The Bertz CT molecular complexity index is 367. The van der Waals surface area contributed by atoms with E-state index in [4.69, 9.17) is 5.73 Å². The normalized spacial score (nSPS) is 12.4. The van der Waals surface area contributed by atoms with E-state index in [0.29, 0.717) is 5.56 Å². The number of aromatic hydroxyl groups is 1. The highest BCUT2D eigenvalue weighted by Gasteiger charge is 2.12. The molecule has 0 aliphatic heterocycles. The van der Waals surface area contributed by atoms with E-state index < -0.39 is 11.0 Å². The van der Waals surface area contributed by atoms with E-state index in [1.165, 1.54) is 18.2 Å². The van der Waals surface area contributed by atoms with Crippen molar-refractivity contribution in [2.45, 2.75) is 12.5 Å². The molecule has 0 aliphatic rings. The van der Waals surface area contributed by atoms with Gasteiger partial charge in [-0.2, -0.15) is 0 Å². The average Bonchev–Trinajstić information content (AvgIpc) is 2.20. The van der Waals surface area contributed by atoms with Crippen molar-refractivity contribution in [3.05, 3.63) is 33.9 Å². The maximum absolute atomic E-state index is 10.5. The quantitative estimate of drug-likeness (QED) is 0.486. The number of phenols is 1. The van der Waals surface area contributed by atoms with E-state index in [0.717, 1.165) is 0 Å². The van der Waals surface area contributed by atoms with Gasteiger partial charge in [0.25, 0.3) is 5.69 Å². The van der Waals surface area contributed by atoms with E-state index in [1.54, 1.807) is 0 Å². The lowest BCUT2D eigenvalue weighted by Gasteiger charge is -2.08. The SMILES string of the molecule is NCC(O)Cc1cc([N+](=O)[O-])ccc1O. The van der Waals surface area contributed by atoms with Crippen LogP contribution < -0.4 is 5.73 Å². The van der Waals surface area contributed by atoms with Crippen molar-refractivity contribution in [1.29, 1.82) is 0 Å². The molecule has 1 aromatic carbocycles. The Morgan fingerprint density at radius 2 is 2.20 bits per heavy atom. The number of rotatable bonds is 4. The van der Waals surface area contributed by atoms with Gasteiger partial charge in [0.2, 0.25) is 0 Å². The number of aliphatic hydroxyl groups excluding tert-OH is 1. The van der Waals surface area contributed by atoms with Crippen LogP contribution in [-0.2, 0) is 6.42 Å². The summed E-state index contributed by atoms with van der Waals surface area (Å²) in [4.78, 5) is 9.90. The number of nitrogens with zero attached hydrogens (tertiary/aromatic N) is 1. The summed E-state index contributed by atoms with van der Waals surface area (Å²) in [7, 11) is 0. The average molecular weight is 212 g/mol. The third-order valence-electron chi connectivity index (χ3n) is 2.00. The fourth-order valence-corrected chi connectivity index (χ4v) is 1.19. The summed E-state index contributed by atoms with van der Waals surface area (Å²) in [6.07, 6.45) is -0.706. The summed E-state index contributed by atoms with van der Waals surface area (Å²) < 4.78 is 0. The Balaban J connectivity index is 2.95. The van der Waals surface area contributed by atoms with E-state index in [1.807, 2.05) is 0 Å². The Morgan fingerprint density at radius 1 is 1.53 bits per heavy atom. The highest BCUT2D eigenvalue weighted by atomic mass is 16.6. The standard InChI is InChI=1S/C9H12N2O4/c10-5-8(12)4-6-3-7(11(14)15)1-2-9(6)13/h1-3,8,12-13H,4-5,10H2. The van der Waals surface area contributed by atoms with E-state index in [2.05, 4.69) is 0 Å². The van der Waals surface area contributed by atoms with E-state index in [-0.39, 0.29) is 24.4 Å². The molecule has 82 valence electrons. The lowest BCUT2D eigenvalue weighted by molar-refractivity contribution is -0.384. The number of hydrogen-bond acceptors (Lipinski definition) is 5. The third-order valence-corrected chi connectivity index (χ3v) is 2.00. The van der Waals surface area contributed by atoms with Gasteiger partial charge in [-0.1, -0.05) is 0 Å². The molecule has 0 spiro atoms. The molecule has 0 saturated carbocycles. The van der Waals surface area contributed by atoms with Gasteiger partial charge in [0, 0.05) is 30.7 Å². The molecule has 6 heteroatoms. The Labute approximate surface area is 86.1 Å². The maximum Gasteiger partial charge on any atom is 0.269 e. The molecule has 0 amide bonds. The van der Waals surface area contributed by atoms with Crippen molar-refractivity contribution in [1.82, 2.24) is 0 Å². The molecule has 0 bridgehead atoms. The van der Waals surface area contributed by atoms with Gasteiger partial charge < -0.3 is 15.9 Å². The number of nitro groups is 1. The highest BCUT2D eigenvalue weighted by molar-refractivity contribution is 5.43. The molecular formula is C9H12N2O4. The smallest absolute Gasteiger partial charge is 0.269 e. The Hall–Kier alpha value is -1.66. The number of hydrogen-bond donors (Lipinski definition) is 3. The van der Waals surface area contributed by atoms with Crippen molar-refractivity contribution in [2.24, 2.45) is 5.73 Å². The molecular weight excluding hydrogens is 200 g/mol. The van der Waals surface area contributed by atoms with Crippen LogP contribution in [0.2, 0.25) is 0 Å². The van der Waals surface area contributed by atoms with Crippen LogP contribution in [0, 0.1) is 10.1 Å². The zero-order chi connectivity index (χ0) is 11.4. The second-order valence-electron chi connectivity index (χ2n) is 3.16. The first-order valence-electron chi connectivity index (χ1n) is 4.39. The summed E-state index contributed by atoms with van der Waals surface area (Å²) in [5.74, 6) is -0.0758. The number of nitro benzene ring substituents is 1. The number of benzene rings is 1. The second kappa shape index (κ2) is 4.72. The van der Waals surface area contributed by atoms with Gasteiger partial charge in [-0.15, -0.1) is 0 Å². The van der Waals surface area contributed by atoms with Crippen LogP contribution in [0.5, 0.6) is 5.75 Å². The minimum Gasteiger partial charge on any atom is -0.508 e. The van der Waals surface area contributed by atoms with Gasteiger partial charge in [0.05, 0.1) is 11.0 Å². The molecule has 0 fully saturated rings. The van der Waals surface area contributed by atoms with Crippen LogP contribution in [0.3, 0.4) is 0 Å². The van der Waals surface area contributed by atoms with Crippen molar-refractivity contribution < 1.29 is 15.1 Å². The second-order valence-corrected chi connectivity index (χ2v) is 3.16. The molecule has 0 heterocycles. The zero-order valence-corrected chi connectivity index (χ0v) is 7.96. The van der Waals surface area contributed by atoms with Crippen LogP contribution >= 0.6 is 0 Å². The molecule has 1 rings (SSSR count). The summed E-state index contributed by atoms with van der Waals surface area (Å²) in [5, 5.41) is 29.1. The molecule has 0 saturated heterocycles. The number of aliphatic hydroxyl groups is 1.